The van der Waals surface area contributed by atoms with Gasteiger partial charge in [-0.3, -0.25) is 0 Å². The molecule has 3 heteroatoms. The molecule has 0 bridgehead atoms. The predicted octanol–water partition coefficient (Wildman–Crippen LogP) is 2.60. The van der Waals surface area contributed by atoms with Crippen LogP contribution in [0.3, 0.4) is 0 Å². The SMILES string of the molecule is CSc1ccc(I)cc1N. The van der Waals surface area contributed by atoms with Crippen molar-refractivity contribution in [3.8, 4) is 0 Å². The van der Waals surface area contributed by atoms with E-state index in [1.54, 1.807) is 11.8 Å². The molecule has 0 saturated heterocycles. The van der Waals surface area contributed by atoms with Crippen LogP contribution in [-0.2, 0) is 0 Å². The fourth-order valence-corrected chi connectivity index (χ4v) is 1.72. The molecule has 10 heavy (non-hydrogen) atoms. The lowest BCUT2D eigenvalue weighted by Gasteiger charge is -2.00. The minimum atomic E-state index is 0.874. The Morgan fingerprint density at radius 1 is 1.50 bits per heavy atom. The maximum atomic E-state index is 5.71. The predicted molar refractivity (Wildman–Crippen MR) is 55.4 cm³/mol. The fourth-order valence-electron chi connectivity index (χ4n) is 0.705. The first-order valence-electron chi connectivity index (χ1n) is 2.83. The quantitative estimate of drug-likeness (QED) is 0.480. The highest BCUT2D eigenvalue weighted by Crippen LogP contribution is 2.23. The molecule has 0 fully saturated rings. The number of halogens is 1. The van der Waals surface area contributed by atoms with Crippen molar-refractivity contribution in [2.24, 2.45) is 0 Å². The van der Waals surface area contributed by atoms with Crippen LogP contribution in [0.25, 0.3) is 0 Å². The van der Waals surface area contributed by atoms with Gasteiger partial charge < -0.3 is 5.73 Å². The second-order valence-electron chi connectivity index (χ2n) is 1.89. The van der Waals surface area contributed by atoms with Crippen LogP contribution in [0.1, 0.15) is 0 Å². The molecule has 1 rings (SSSR count). The third-order valence-electron chi connectivity index (χ3n) is 1.19. The molecule has 0 aliphatic heterocycles. The minimum Gasteiger partial charge on any atom is -0.398 e. The Balaban J connectivity index is 3.07. The summed E-state index contributed by atoms with van der Waals surface area (Å²) in [6.07, 6.45) is 2.03. The zero-order chi connectivity index (χ0) is 7.56. The van der Waals surface area contributed by atoms with E-state index in [4.69, 9.17) is 5.73 Å². The number of benzene rings is 1. The van der Waals surface area contributed by atoms with E-state index in [0.717, 1.165) is 10.6 Å². The van der Waals surface area contributed by atoms with Gasteiger partial charge in [0.05, 0.1) is 0 Å². The van der Waals surface area contributed by atoms with Gasteiger partial charge in [0.2, 0.25) is 0 Å². The lowest BCUT2D eigenvalue weighted by atomic mass is 10.3. The molecule has 1 aromatic rings. The number of rotatable bonds is 1. The molecule has 54 valence electrons. The second kappa shape index (κ2) is 3.48. The van der Waals surface area contributed by atoms with Crippen LogP contribution in [0.15, 0.2) is 23.1 Å². The lowest BCUT2D eigenvalue weighted by molar-refractivity contribution is 1.44. The number of nitrogen functional groups attached to an aromatic ring is 1. The maximum Gasteiger partial charge on any atom is 0.0462 e. The monoisotopic (exact) mass is 265 g/mol. The first kappa shape index (κ1) is 8.20. The average molecular weight is 265 g/mol. The largest absolute Gasteiger partial charge is 0.398 e. The van der Waals surface area contributed by atoms with Gasteiger partial charge in [-0.15, -0.1) is 11.8 Å². The molecule has 0 aliphatic rings. The van der Waals surface area contributed by atoms with Crippen LogP contribution in [0.5, 0.6) is 0 Å². The molecule has 0 saturated carbocycles. The van der Waals surface area contributed by atoms with E-state index in [0.29, 0.717) is 0 Å². The van der Waals surface area contributed by atoms with Crippen molar-refractivity contribution in [1.29, 1.82) is 0 Å². The number of hydrogen-bond acceptors (Lipinski definition) is 2. The lowest BCUT2D eigenvalue weighted by Crippen LogP contribution is -1.87. The Kier molecular flexibility index (Phi) is 2.85. The number of hydrogen-bond donors (Lipinski definition) is 1. The Morgan fingerprint density at radius 2 is 2.20 bits per heavy atom. The summed E-state index contributed by atoms with van der Waals surface area (Å²) >= 11 is 3.92. The zero-order valence-electron chi connectivity index (χ0n) is 5.60. The van der Waals surface area contributed by atoms with Crippen molar-refractivity contribution in [3.63, 3.8) is 0 Å². The van der Waals surface area contributed by atoms with Gasteiger partial charge in [-0.25, -0.2) is 0 Å². The first-order valence-corrected chi connectivity index (χ1v) is 5.13. The van der Waals surface area contributed by atoms with Gasteiger partial charge in [-0.05, 0) is 47.0 Å². The summed E-state index contributed by atoms with van der Waals surface area (Å²) < 4.78 is 1.19. The van der Waals surface area contributed by atoms with Gasteiger partial charge in [-0.1, -0.05) is 0 Å². The molecule has 0 spiro atoms. The first-order chi connectivity index (χ1) is 4.74. The molecule has 0 aromatic heterocycles. The molecular formula is C7H8INS. The van der Waals surface area contributed by atoms with Crippen LogP contribution in [-0.4, -0.2) is 6.26 Å². The van der Waals surface area contributed by atoms with Gasteiger partial charge >= 0.3 is 0 Å². The van der Waals surface area contributed by atoms with Crippen molar-refractivity contribution in [2.45, 2.75) is 4.90 Å². The van der Waals surface area contributed by atoms with Crippen LogP contribution in [0.2, 0.25) is 0 Å². The van der Waals surface area contributed by atoms with E-state index in [1.807, 2.05) is 18.4 Å². The topological polar surface area (TPSA) is 26.0 Å². The molecule has 1 nitrogen and oxygen atoms in total. The Labute approximate surface area is 78.5 Å². The van der Waals surface area contributed by atoms with Crippen molar-refractivity contribution >= 4 is 40.0 Å². The normalized spacial score (nSPS) is 9.80. The summed E-state index contributed by atoms with van der Waals surface area (Å²) in [5.41, 5.74) is 6.58. The summed E-state index contributed by atoms with van der Waals surface area (Å²) in [5, 5.41) is 0. The third kappa shape index (κ3) is 1.79. The van der Waals surface area contributed by atoms with Gasteiger partial charge in [-0.2, -0.15) is 0 Å². The van der Waals surface area contributed by atoms with E-state index >= 15 is 0 Å². The van der Waals surface area contributed by atoms with Crippen molar-refractivity contribution in [2.75, 3.05) is 12.0 Å². The Bertz CT molecular complexity index is 237. The van der Waals surface area contributed by atoms with E-state index in [9.17, 15) is 0 Å². The Morgan fingerprint density at radius 3 is 2.70 bits per heavy atom. The van der Waals surface area contributed by atoms with E-state index in [-0.39, 0.29) is 0 Å². The highest BCUT2D eigenvalue weighted by atomic mass is 127. The number of nitrogens with two attached hydrogens (primary N) is 1. The molecule has 0 atom stereocenters. The van der Waals surface area contributed by atoms with E-state index in [1.165, 1.54) is 3.57 Å². The number of anilines is 1. The summed E-state index contributed by atoms with van der Waals surface area (Å²) in [4.78, 5) is 1.15. The van der Waals surface area contributed by atoms with Crippen LogP contribution in [0, 0.1) is 3.57 Å². The molecule has 0 amide bonds. The minimum absolute atomic E-state index is 0.874. The van der Waals surface area contributed by atoms with E-state index < -0.39 is 0 Å². The standard InChI is InChI=1S/C7H8INS/c1-10-7-3-2-5(8)4-6(7)9/h2-4H,9H2,1H3. The summed E-state index contributed by atoms with van der Waals surface area (Å²) in [7, 11) is 0. The van der Waals surface area contributed by atoms with Gasteiger partial charge in [0.1, 0.15) is 0 Å². The molecule has 0 unspecified atom stereocenters. The van der Waals surface area contributed by atoms with Crippen molar-refractivity contribution < 1.29 is 0 Å². The summed E-state index contributed by atoms with van der Waals surface area (Å²) in [6, 6.07) is 6.08. The smallest absolute Gasteiger partial charge is 0.0462 e. The maximum absolute atomic E-state index is 5.71. The van der Waals surface area contributed by atoms with Crippen LogP contribution in [0.4, 0.5) is 5.69 Å². The van der Waals surface area contributed by atoms with E-state index in [2.05, 4.69) is 28.7 Å². The van der Waals surface area contributed by atoms with Gasteiger partial charge in [0, 0.05) is 14.2 Å². The molecule has 0 radical (unpaired) electrons. The summed E-state index contributed by atoms with van der Waals surface area (Å²) in [5.74, 6) is 0. The summed E-state index contributed by atoms with van der Waals surface area (Å²) in [6.45, 7) is 0. The molecule has 1 aromatic carbocycles. The Hall–Kier alpha value is 0.1000. The molecule has 0 aliphatic carbocycles. The third-order valence-corrected chi connectivity index (χ3v) is 2.67. The molecule has 0 heterocycles. The van der Waals surface area contributed by atoms with Crippen molar-refractivity contribution in [1.82, 2.24) is 0 Å². The average Bonchev–Trinajstić information content (AvgIpc) is 1.88. The second-order valence-corrected chi connectivity index (χ2v) is 3.98. The highest BCUT2D eigenvalue weighted by Gasteiger charge is 1.95. The van der Waals surface area contributed by atoms with Gasteiger partial charge in [0.15, 0.2) is 0 Å². The zero-order valence-corrected chi connectivity index (χ0v) is 8.57. The van der Waals surface area contributed by atoms with Gasteiger partial charge in [0.25, 0.3) is 0 Å². The highest BCUT2D eigenvalue weighted by molar-refractivity contribution is 14.1. The van der Waals surface area contributed by atoms with Crippen LogP contribution < -0.4 is 5.73 Å². The molecule has 2 N–H and O–H groups in total. The van der Waals surface area contributed by atoms with Crippen LogP contribution >= 0.6 is 34.4 Å². The number of thioether (sulfide) groups is 1. The van der Waals surface area contributed by atoms with Crippen molar-refractivity contribution in [3.05, 3.63) is 21.8 Å². The molecular weight excluding hydrogens is 257 g/mol. The fraction of sp³-hybridized carbons (Fsp3) is 0.143.